The normalized spacial score (nSPS) is 11.2. The van der Waals surface area contributed by atoms with Crippen LogP contribution >= 0.6 is 0 Å². The number of ether oxygens (including phenoxy) is 1. The summed E-state index contributed by atoms with van der Waals surface area (Å²) >= 11 is 0. The first-order valence-electron chi connectivity index (χ1n) is 13.6. The Morgan fingerprint density at radius 3 is 2.61 bits per heavy atom. The monoisotopic (exact) mass is 505 g/mol. The van der Waals surface area contributed by atoms with Crippen molar-refractivity contribution in [2.45, 2.75) is 45.6 Å². The average Bonchev–Trinajstić information content (AvgIpc) is 3.30. The van der Waals surface area contributed by atoms with Gasteiger partial charge in [-0.1, -0.05) is 72.6 Å². The van der Waals surface area contributed by atoms with E-state index in [1.54, 1.807) is 0 Å². The predicted molar refractivity (Wildman–Crippen MR) is 155 cm³/mol. The van der Waals surface area contributed by atoms with E-state index in [-0.39, 0.29) is 5.91 Å². The summed E-state index contributed by atoms with van der Waals surface area (Å²) in [6, 6.07) is 30.6. The molecule has 0 radical (unpaired) electrons. The Balaban J connectivity index is 1.12. The first kappa shape index (κ1) is 25.5. The van der Waals surface area contributed by atoms with Crippen LogP contribution in [0, 0.1) is 6.92 Å². The second-order valence-electron chi connectivity index (χ2n) is 9.78. The minimum atomic E-state index is 0.00112. The van der Waals surface area contributed by atoms with E-state index in [1.165, 1.54) is 10.9 Å². The number of nitrogens with zero attached hydrogens (tertiary/aromatic N) is 2. The maximum atomic E-state index is 12.3. The quantitative estimate of drug-likeness (QED) is 0.184. The van der Waals surface area contributed by atoms with Gasteiger partial charge in [-0.15, -0.1) is 0 Å². The highest BCUT2D eigenvalue weighted by atomic mass is 16.5. The van der Waals surface area contributed by atoms with Crippen LogP contribution in [0.2, 0.25) is 0 Å². The molecule has 5 aromatic rings. The summed E-state index contributed by atoms with van der Waals surface area (Å²) in [5.74, 6) is 2.06. The van der Waals surface area contributed by atoms with Gasteiger partial charge in [-0.3, -0.25) is 4.79 Å². The second kappa shape index (κ2) is 12.4. The second-order valence-corrected chi connectivity index (χ2v) is 9.78. The molecule has 38 heavy (non-hydrogen) atoms. The van der Waals surface area contributed by atoms with Crippen LogP contribution in [0.25, 0.3) is 21.8 Å². The molecule has 0 unspecified atom stereocenters. The molecule has 0 aliphatic carbocycles. The van der Waals surface area contributed by atoms with Gasteiger partial charge >= 0.3 is 0 Å². The van der Waals surface area contributed by atoms with E-state index in [1.807, 2.05) is 49.4 Å². The minimum Gasteiger partial charge on any atom is -0.493 e. The summed E-state index contributed by atoms with van der Waals surface area (Å²) in [5.41, 5.74) is 4.05. The largest absolute Gasteiger partial charge is 0.493 e. The van der Waals surface area contributed by atoms with Gasteiger partial charge in [-0.25, -0.2) is 4.98 Å². The van der Waals surface area contributed by atoms with Crippen LogP contribution in [0.5, 0.6) is 5.75 Å². The molecule has 0 saturated carbocycles. The van der Waals surface area contributed by atoms with Gasteiger partial charge in [-0.2, -0.15) is 0 Å². The molecule has 4 aromatic carbocycles. The lowest BCUT2D eigenvalue weighted by Gasteiger charge is -2.12. The van der Waals surface area contributed by atoms with Gasteiger partial charge in [0.1, 0.15) is 11.6 Å². The molecule has 1 heterocycles. The smallest absolute Gasteiger partial charge is 0.251 e. The van der Waals surface area contributed by atoms with E-state index >= 15 is 0 Å². The molecule has 5 heteroatoms. The maximum Gasteiger partial charge on any atom is 0.251 e. The maximum absolute atomic E-state index is 12.3. The van der Waals surface area contributed by atoms with Gasteiger partial charge in [0.2, 0.25) is 0 Å². The highest BCUT2D eigenvalue weighted by Crippen LogP contribution is 2.25. The molecule has 1 amide bonds. The molecular weight excluding hydrogens is 470 g/mol. The molecule has 0 fully saturated rings. The van der Waals surface area contributed by atoms with Crippen molar-refractivity contribution >= 4 is 27.7 Å². The third-order valence-corrected chi connectivity index (χ3v) is 6.91. The number of rotatable bonds is 12. The van der Waals surface area contributed by atoms with Gasteiger partial charge < -0.3 is 14.6 Å². The summed E-state index contributed by atoms with van der Waals surface area (Å²) in [6.07, 6.45) is 4.86. The Morgan fingerprint density at radius 2 is 1.68 bits per heavy atom. The lowest BCUT2D eigenvalue weighted by atomic mass is 10.1. The molecule has 0 atom stereocenters. The molecular formula is C33H35N3O2. The van der Waals surface area contributed by atoms with Crippen LogP contribution in [0.1, 0.15) is 47.4 Å². The fourth-order valence-corrected chi connectivity index (χ4v) is 4.97. The fourth-order valence-electron chi connectivity index (χ4n) is 4.97. The number of imidazole rings is 1. The van der Waals surface area contributed by atoms with Crippen molar-refractivity contribution in [2.75, 3.05) is 13.2 Å². The first-order valence-corrected chi connectivity index (χ1v) is 13.6. The average molecular weight is 506 g/mol. The molecule has 0 saturated heterocycles. The zero-order valence-electron chi connectivity index (χ0n) is 22.0. The predicted octanol–water partition coefficient (Wildman–Crippen LogP) is 7.11. The van der Waals surface area contributed by atoms with Gasteiger partial charge in [-0.05, 0) is 61.9 Å². The van der Waals surface area contributed by atoms with E-state index in [2.05, 4.69) is 58.4 Å². The summed E-state index contributed by atoms with van der Waals surface area (Å²) < 4.78 is 8.53. The lowest BCUT2D eigenvalue weighted by molar-refractivity contribution is 0.0953. The van der Waals surface area contributed by atoms with Crippen LogP contribution in [0.4, 0.5) is 0 Å². The minimum absolute atomic E-state index is 0.00112. The number of amides is 1. The van der Waals surface area contributed by atoms with Crippen molar-refractivity contribution in [3.8, 4) is 5.75 Å². The third-order valence-electron chi connectivity index (χ3n) is 6.91. The standard InChI is InChI=1S/C33H35N3O2/c1-25-12-9-15-27(24-25)33(37)34-21-8-2-3-20-32-35-29-17-6-7-18-30(29)36(32)22-11-23-38-31-19-10-14-26-13-4-5-16-28(26)31/h4-7,9-10,12-19,24H,2-3,8,11,20-23H2,1H3,(H,34,37). The van der Waals surface area contributed by atoms with E-state index in [0.29, 0.717) is 13.2 Å². The van der Waals surface area contributed by atoms with Crippen LogP contribution in [-0.2, 0) is 13.0 Å². The lowest BCUT2D eigenvalue weighted by Crippen LogP contribution is -2.24. The zero-order chi connectivity index (χ0) is 26.2. The Hall–Kier alpha value is -4.12. The Kier molecular flexibility index (Phi) is 8.34. The van der Waals surface area contributed by atoms with Crippen molar-refractivity contribution in [1.29, 1.82) is 0 Å². The SMILES string of the molecule is Cc1cccc(C(=O)NCCCCCc2nc3ccccc3n2CCCOc2cccc3ccccc23)c1. The van der Waals surface area contributed by atoms with Crippen molar-refractivity contribution in [1.82, 2.24) is 14.9 Å². The number of nitrogens with one attached hydrogen (secondary N) is 1. The van der Waals surface area contributed by atoms with Crippen LogP contribution < -0.4 is 10.1 Å². The molecule has 5 nitrogen and oxygen atoms in total. The van der Waals surface area contributed by atoms with Crippen molar-refractivity contribution in [3.05, 3.63) is 108 Å². The molecule has 194 valence electrons. The van der Waals surface area contributed by atoms with Gasteiger partial charge in [0.05, 0.1) is 17.6 Å². The number of hydrogen-bond acceptors (Lipinski definition) is 3. The number of fused-ring (bicyclic) bond motifs is 2. The molecule has 0 spiro atoms. The molecule has 5 rings (SSSR count). The van der Waals surface area contributed by atoms with E-state index < -0.39 is 0 Å². The van der Waals surface area contributed by atoms with Crippen molar-refractivity contribution in [2.24, 2.45) is 0 Å². The summed E-state index contributed by atoms with van der Waals surface area (Å²) in [6.45, 7) is 4.21. The highest BCUT2D eigenvalue weighted by Gasteiger charge is 2.11. The molecule has 0 bridgehead atoms. The number of aromatic nitrogens is 2. The first-order chi connectivity index (χ1) is 18.7. The topological polar surface area (TPSA) is 56.2 Å². The number of carbonyl (C=O) groups is 1. The molecule has 0 aliphatic heterocycles. The van der Waals surface area contributed by atoms with Crippen LogP contribution in [0.15, 0.2) is 91.0 Å². The van der Waals surface area contributed by atoms with Gasteiger partial charge in [0.25, 0.3) is 5.91 Å². The van der Waals surface area contributed by atoms with Crippen molar-refractivity contribution in [3.63, 3.8) is 0 Å². The zero-order valence-corrected chi connectivity index (χ0v) is 22.0. The van der Waals surface area contributed by atoms with Crippen molar-refractivity contribution < 1.29 is 9.53 Å². The van der Waals surface area contributed by atoms with Crippen LogP contribution in [0.3, 0.4) is 0 Å². The summed E-state index contributed by atoms with van der Waals surface area (Å²) in [4.78, 5) is 17.3. The van der Waals surface area contributed by atoms with Crippen LogP contribution in [-0.4, -0.2) is 28.6 Å². The number of carbonyl (C=O) groups excluding carboxylic acids is 1. The molecule has 1 N–H and O–H groups in total. The summed E-state index contributed by atoms with van der Waals surface area (Å²) in [7, 11) is 0. The molecule has 0 aliphatic rings. The van der Waals surface area contributed by atoms with E-state index in [9.17, 15) is 4.79 Å². The van der Waals surface area contributed by atoms with Gasteiger partial charge in [0, 0.05) is 30.5 Å². The Morgan fingerprint density at radius 1 is 0.868 bits per heavy atom. The van der Waals surface area contributed by atoms with E-state index in [4.69, 9.17) is 9.72 Å². The number of aryl methyl sites for hydroxylation is 3. The Bertz CT molecular complexity index is 1520. The number of unbranched alkanes of at least 4 members (excludes halogenated alkanes) is 2. The van der Waals surface area contributed by atoms with E-state index in [0.717, 1.165) is 72.3 Å². The Labute approximate surface area is 224 Å². The number of para-hydroxylation sites is 2. The highest BCUT2D eigenvalue weighted by molar-refractivity contribution is 5.94. The van der Waals surface area contributed by atoms with Gasteiger partial charge in [0.15, 0.2) is 0 Å². The number of benzene rings is 4. The third kappa shape index (κ3) is 6.23. The number of hydrogen-bond donors (Lipinski definition) is 1. The molecule has 1 aromatic heterocycles. The summed E-state index contributed by atoms with van der Waals surface area (Å²) in [5, 5.41) is 5.39. The fraction of sp³-hybridized carbons (Fsp3) is 0.273.